The maximum absolute atomic E-state index is 8.75. The molecule has 0 radical (unpaired) electrons. The predicted octanol–water partition coefficient (Wildman–Crippen LogP) is 0.870. The summed E-state index contributed by atoms with van der Waals surface area (Å²) >= 11 is 0. The number of nitrogens with zero attached hydrogens (tertiary/aromatic N) is 1. The lowest BCUT2D eigenvalue weighted by atomic mass is 10.1. The van der Waals surface area contributed by atoms with Crippen molar-refractivity contribution in [2.45, 2.75) is 32.2 Å². The van der Waals surface area contributed by atoms with Gasteiger partial charge in [-0.25, -0.2) is 0 Å². The molecule has 1 rings (SSSR count). The van der Waals surface area contributed by atoms with E-state index in [4.69, 9.17) is 9.84 Å². The van der Waals surface area contributed by atoms with Crippen molar-refractivity contribution in [2.24, 2.45) is 0 Å². The second-order valence-corrected chi connectivity index (χ2v) is 3.58. The second kappa shape index (κ2) is 6.35. The van der Waals surface area contributed by atoms with Gasteiger partial charge in [0.2, 0.25) is 0 Å². The zero-order valence-corrected chi connectivity index (χ0v) is 8.54. The number of ether oxygens (including phenoxy) is 1. The maximum atomic E-state index is 8.75. The Morgan fingerprint density at radius 2 is 2.38 bits per heavy atom. The average Bonchev–Trinajstić information content (AvgIpc) is 2.21. The summed E-state index contributed by atoms with van der Waals surface area (Å²) < 4.78 is 5.44. The molecule has 0 amide bonds. The highest BCUT2D eigenvalue weighted by atomic mass is 16.5. The summed E-state index contributed by atoms with van der Waals surface area (Å²) in [5, 5.41) is 8.75. The van der Waals surface area contributed by atoms with E-state index in [1.54, 1.807) is 0 Å². The van der Waals surface area contributed by atoms with Crippen LogP contribution in [0, 0.1) is 0 Å². The molecule has 1 atom stereocenters. The van der Waals surface area contributed by atoms with Crippen LogP contribution in [0.25, 0.3) is 0 Å². The summed E-state index contributed by atoms with van der Waals surface area (Å²) in [6.07, 6.45) is 3.31. The summed E-state index contributed by atoms with van der Waals surface area (Å²) in [6, 6.07) is 0.588. The van der Waals surface area contributed by atoms with Gasteiger partial charge >= 0.3 is 0 Å². The van der Waals surface area contributed by atoms with Crippen LogP contribution in [-0.2, 0) is 4.74 Å². The molecule has 0 bridgehead atoms. The van der Waals surface area contributed by atoms with E-state index < -0.39 is 0 Å². The minimum atomic E-state index is 0.296. The zero-order valence-electron chi connectivity index (χ0n) is 8.54. The fourth-order valence-electron chi connectivity index (χ4n) is 1.88. The van der Waals surface area contributed by atoms with Crippen LogP contribution in [0.1, 0.15) is 26.2 Å². The van der Waals surface area contributed by atoms with Gasteiger partial charge in [0.25, 0.3) is 0 Å². The average molecular weight is 187 g/mol. The van der Waals surface area contributed by atoms with Crippen LogP contribution in [0.15, 0.2) is 0 Å². The highest BCUT2D eigenvalue weighted by molar-refractivity contribution is 4.73. The van der Waals surface area contributed by atoms with Gasteiger partial charge in [-0.3, -0.25) is 4.90 Å². The van der Waals surface area contributed by atoms with Crippen molar-refractivity contribution in [3.63, 3.8) is 0 Å². The third kappa shape index (κ3) is 3.63. The van der Waals surface area contributed by atoms with Gasteiger partial charge < -0.3 is 9.84 Å². The van der Waals surface area contributed by atoms with Gasteiger partial charge in [0.15, 0.2) is 0 Å². The van der Waals surface area contributed by atoms with E-state index in [9.17, 15) is 0 Å². The molecule has 78 valence electrons. The molecular formula is C10H21NO2. The van der Waals surface area contributed by atoms with Crippen LogP contribution in [0.4, 0.5) is 0 Å². The largest absolute Gasteiger partial charge is 0.396 e. The first kappa shape index (κ1) is 11.0. The Labute approximate surface area is 80.7 Å². The first-order valence-corrected chi connectivity index (χ1v) is 5.31. The smallest absolute Gasteiger partial charge is 0.0621 e. The van der Waals surface area contributed by atoms with Gasteiger partial charge in [-0.05, 0) is 25.8 Å². The molecule has 1 saturated heterocycles. The molecule has 3 heteroatoms. The Hall–Kier alpha value is -0.120. The normalized spacial score (nSPS) is 23.8. The molecule has 0 aromatic heterocycles. The summed E-state index contributed by atoms with van der Waals surface area (Å²) in [5.41, 5.74) is 0. The Balaban J connectivity index is 2.26. The van der Waals surface area contributed by atoms with Gasteiger partial charge in [-0.2, -0.15) is 0 Å². The van der Waals surface area contributed by atoms with E-state index in [0.717, 1.165) is 32.7 Å². The molecule has 0 saturated carbocycles. The van der Waals surface area contributed by atoms with Gasteiger partial charge in [-0.1, -0.05) is 6.92 Å². The fourth-order valence-corrected chi connectivity index (χ4v) is 1.88. The fraction of sp³-hybridized carbons (Fsp3) is 1.00. The first-order chi connectivity index (χ1) is 6.38. The van der Waals surface area contributed by atoms with Crippen molar-refractivity contribution in [2.75, 3.05) is 32.9 Å². The predicted molar refractivity (Wildman–Crippen MR) is 52.8 cm³/mol. The van der Waals surface area contributed by atoms with Crippen LogP contribution in [0.5, 0.6) is 0 Å². The van der Waals surface area contributed by atoms with Crippen molar-refractivity contribution in [1.29, 1.82) is 0 Å². The highest BCUT2D eigenvalue weighted by Gasteiger charge is 2.19. The number of hydrogen-bond donors (Lipinski definition) is 1. The molecule has 0 aromatic carbocycles. The quantitative estimate of drug-likeness (QED) is 0.693. The molecule has 1 heterocycles. The SMILES string of the molecule is CCN(CCCO)C1CCCOC1. The molecule has 0 spiro atoms. The van der Waals surface area contributed by atoms with Crippen LogP contribution in [0.2, 0.25) is 0 Å². The standard InChI is InChI=1S/C10H21NO2/c1-2-11(6-4-7-12)10-5-3-8-13-9-10/h10,12H,2-9H2,1H3. The molecule has 13 heavy (non-hydrogen) atoms. The Morgan fingerprint density at radius 1 is 1.54 bits per heavy atom. The monoisotopic (exact) mass is 187 g/mol. The number of hydrogen-bond acceptors (Lipinski definition) is 3. The van der Waals surface area contributed by atoms with E-state index in [0.29, 0.717) is 12.6 Å². The van der Waals surface area contributed by atoms with Crippen molar-refractivity contribution >= 4 is 0 Å². The maximum Gasteiger partial charge on any atom is 0.0621 e. The van der Waals surface area contributed by atoms with Gasteiger partial charge in [0.1, 0.15) is 0 Å². The van der Waals surface area contributed by atoms with Crippen molar-refractivity contribution < 1.29 is 9.84 Å². The van der Waals surface area contributed by atoms with E-state index in [1.165, 1.54) is 12.8 Å². The molecular weight excluding hydrogens is 166 g/mol. The van der Waals surface area contributed by atoms with Gasteiger partial charge in [0, 0.05) is 25.8 Å². The number of likely N-dealkylation sites (N-methyl/N-ethyl adjacent to an activating group) is 1. The van der Waals surface area contributed by atoms with Crippen molar-refractivity contribution in [3.8, 4) is 0 Å². The molecule has 1 aliphatic rings. The lowest BCUT2D eigenvalue weighted by Gasteiger charge is -2.33. The minimum absolute atomic E-state index is 0.296. The van der Waals surface area contributed by atoms with E-state index in [1.807, 2.05) is 0 Å². The highest BCUT2D eigenvalue weighted by Crippen LogP contribution is 2.13. The van der Waals surface area contributed by atoms with Crippen LogP contribution >= 0.6 is 0 Å². The van der Waals surface area contributed by atoms with Gasteiger partial charge in [-0.15, -0.1) is 0 Å². The lowest BCUT2D eigenvalue weighted by molar-refractivity contribution is 0.0178. The first-order valence-electron chi connectivity index (χ1n) is 5.31. The van der Waals surface area contributed by atoms with E-state index in [2.05, 4.69) is 11.8 Å². The molecule has 1 N–H and O–H groups in total. The molecule has 1 aliphatic heterocycles. The summed E-state index contributed by atoms with van der Waals surface area (Å²) in [6.45, 7) is 6.33. The number of rotatable bonds is 5. The Bertz CT molecular complexity index is 124. The number of aliphatic hydroxyl groups is 1. The van der Waals surface area contributed by atoms with Crippen molar-refractivity contribution in [3.05, 3.63) is 0 Å². The van der Waals surface area contributed by atoms with Crippen LogP contribution in [0.3, 0.4) is 0 Å². The van der Waals surface area contributed by atoms with Crippen LogP contribution in [-0.4, -0.2) is 49.0 Å². The third-order valence-electron chi connectivity index (χ3n) is 2.66. The lowest BCUT2D eigenvalue weighted by Crippen LogP contribution is -2.41. The van der Waals surface area contributed by atoms with Crippen LogP contribution < -0.4 is 0 Å². The summed E-state index contributed by atoms with van der Waals surface area (Å²) in [5.74, 6) is 0. The summed E-state index contributed by atoms with van der Waals surface area (Å²) in [7, 11) is 0. The van der Waals surface area contributed by atoms with Gasteiger partial charge in [0.05, 0.1) is 6.61 Å². The van der Waals surface area contributed by atoms with Crippen molar-refractivity contribution in [1.82, 2.24) is 4.90 Å². The number of aliphatic hydroxyl groups excluding tert-OH is 1. The summed E-state index contributed by atoms with van der Waals surface area (Å²) in [4.78, 5) is 2.41. The topological polar surface area (TPSA) is 32.7 Å². The molecule has 0 aliphatic carbocycles. The van der Waals surface area contributed by atoms with E-state index in [-0.39, 0.29) is 0 Å². The van der Waals surface area contributed by atoms with E-state index >= 15 is 0 Å². The molecule has 1 fully saturated rings. The third-order valence-corrected chi connectivity index (χ3v) is 2.66. The molecule has 1 unspecified atom stereocenters. The molecule has 0 aromatic rings. The minimum Gasteiger partial charge on any atom is -0.396 e. The Kier molecular flexibility index (Phi) is 5.35. The molecule has 3 nitrogen and oxygen atoms in total. The Morgan fingerprint density at radius 3 is 2.92 bits per heavy atom. The zero-order chi connectivity index (χ0) is 9.52. The second-order valence-electron chi connectivity index (χ2n) is 3.58.